The van der Waals surface area contributed by atoms with E-state index in [1.54, 1.807) is 7.05 Å². The van der Waals surface area contributed by atoms with E-state index in [9.17, 15) is 13.0 Å². The van der Waals surface area contributed by atoms with Crippen molar-refractivity contribution in [2.45, 2.75) is 12.5 Å². The van der Waals surface area contributed by atoms with Crippen LogP contribution in [0, 0.1) is 11.6 Å². The Morgan fingerprint density at radius 1 is 1.25 bits per heavy atom. The van der Waals surface area contributed by atoms with Crippen molar-refractivity contribution in [2.75, 3.05) is 38.2 Å². The van der Waals surface area contributed by atoms with Gasteiger partial charge in [-0.25, -0.2) is 8.78 Å². The first kappa shape index (κ1) is 15.5. The summed E-state index contributed by atoms with van der Waals surface area (Å²) >= 11 is 0. The third kappa shape index (κ3) is 4.33. The van der Waals surface area contributed by atoms with Gasteiger partial charge in [0.25, 0.3) is 0 Å². The molecule has 1 heterocycles. The highest BCUT2D eigenvalue weighted by Crippen LogP contribution is 2.19. The lowest BCUT2D eigenvalue weighted by atomic mass is 10.0. The van der Waals surface area contributed by atoms with Gasteiger partial charge in [-0.05, 0) is 31.2 Å². The standard InChI is InChI=1S/C14H20F2N2OS/c1-17-14(11-8-12(15)10-13(16)9-11)2-3-18-4-6-20(19)7-5-18/h8-10,14,17H,2-7H2,1H3. The average Bonchev–Trinajstić information content (AvgIpc) is 2.40. The number of nitrogens with one attached hydrogen (secondary N) is 1. The summed E-state index contributed by atoms with van der Waals surface area (Å²) in [4.78, 5) is 2.25. The Bertz CT molecular complexity index is 454. The second kappa shape index (κ2) is 7.24. The van der Waals surface area contributed by atoms with Crippen LogP contribution in [0.4, 0.5) is 8.78 Å². The molecule has 0 radical (unpaired) electrons. The molecule has 6 heteroatoms. The molecule has 0 saturated carbocycles. The normalized spacial score (nSPS) is 19.1. The van der Waals surface area contributed by atoms with Gasteiger partial charge in [-0.15, -0.1) is 0 Å². The molecule has 3 nitrogen and oxygen atoms in total. The molecular formula is C14H20F2N2OS. The van der Waals surface area contributed by atoms with Crippen molar-refractivity contribution < 1.29 is 13.0 Å². The first-order chi connectivity index (χ1) is 9.58. The molecule has 0 amide bonds. The molecule has 1 fully saturated rings. The number of nitrogens with zero attached hydrogens (tertiary/aromatic N) is 1. The number of hydrogen-bond acceptors (Lipinski definition) is 3. The molecule has 0 aliphatic carbocycles. The zero-order valence-electron chi connectivity index (χ0n) is 11.6. The van der Waals surface area contributed by atoms with E-state index in [-0.39, 0.29) is 6.04 Å². The Morgan fingerprint density at radius 2 is 1.85 bits per heavy atom. The van der Waals surface area contributed by atoms with Crippen LogP contribution in [0.5, 0.6) is 0 Å². The van der Waals surface area contributed by atoms with Crippen molar-refractivity contribution in [1.82, 2.24) is 10.2 Å². The fourth-order valence-corrected chi connectivity index (χ4v) is 3.59. The SMILES string of the molecule is CNC(CCN1CCS(=O)CC1)c1cc(F)cc(F)c1. The number of hydrogen-bond donors (Lipinski definition) is 1. The summed E-state index contributed by atoms with van der Waals surface area (Å²) < 4.78 is 37.8. The summed E-state index contributed by atoms with van der Waals surface area (Å²) in [6.45, 7) is 2.50. The summed E-state index contributed by atoms with van der Waals surface area (Å²) in [5.74, 6) is 0.347. The third-order valence-electron chi connectivity index (χ3n) is 3.64. The highest BCUT2D eigenvalue weighted by Gasteiger charge is 2.17. The van der Waals surface area contributed by atoms with Crippen molar-refractivity contribution in [3.8, 4) is 0 Å². The molecule has 1 atom stereocenters. The molecule has 2 rings (SSSR count). The minimum absolute atomic E-state index is 0.0763. The molecule has 0 bridgehead atoms. The molecule has 1 N–H and O–H groups in total. The van der Waals surface area contributed by atoms with Crippen molar-refractivity contribution in [2.24, 2.45) is 0 Å². The van der Waals surface area contributed by atoms with Crippen LogP contribution in [0.1, 0.15) is 18.0 Å². The van der Waals surface area contributed by atoms with Gasteiger partial charge in [0.15, 0.2) is 0 Å². The van der Waals surface area contributed by atoms with Crippen LogP contribution >= 0.6 is 0 Å². The summed E-state index contributed by atoms with van der Waals surface area (Å²) in [5, 5.41) is 3.10. The van der Waals surface area contributed by atoms with Gasteiger partial charge in [0.1, 0.15) is 11.6 Å². The lowest BCUT2D eigenvalue weighted by Crippen LogP contribution is -2.39. The monoisotopic (exact) mass is 302 g/mol. The molecule has 20 heavy (non-hydrogen) atoms. The maximum absolute atomic E-state index is 13.3. The Kier molecular flexibility index (Phi) is 5.63. The largest absolute Gasteiger partial charge is 0.313 e. The van der Waals surface area contributed by atoms with E-state index in [0.717, 1.165) is 43.6 Å². The summed E-state index contributed by atoms with van der Waals surface area (Å²) in [6.07, 6.45) is 0.770. The molecule has 1 aromatic carbocycles. The molecular weight excluding hydrogens is 282 g/mol. The van der Waals surface area contributed by atoms with Crippen LogP contribution in [0.3, 0.4) is 0 Å². The quantitative estimate of drug-likeness (QED) is 0.898. The average molecular weight is 302 g/mol. The van der Waals surface area contributed by atoms with E-state index >= 15 is 0 Å². The van der Waals surface area contributed by atoms with Gasteiger partial charge < -0.3 is 10.2 Å². The van der Waals surface area contributed by atoms with Crippen molar-refractivity contribution in [3.05, 3.63) is 35.4 Å². The topological polar surface area (TPSA) is 32.3 Å². The van der Waals surface area contributed by atoms with E-state index in [4.69, 9.17) is 0 Å². The van der Waals surface area contributed by atoms with Crippen LogP contribution in [-0.4, -0.2) is 47.3 Å². The molecule has 112 valence electrons. The van der Waals surface area contributed by atoms with Gasteiger partial charge in [0.05, 0.1) is 0 Å². The van der Waals surface area contributed by atoms with Crippen molar-refractivity contribution in [3.63, 3.8) is 0 Å². The molecule has 1 unspecified atom stereocenters. The smallest absolute Gasteiger partial charge is 0.126 e. The van der Waals surface area contributed by atoms with Gasteiger partial charge in [0, 0.05) is 54.0 Å². The molecule has 1 aliphatic heterocycles. The van der Waals surface area contributed by atoms with Crippen LogP contribution in [0.2, 0.25) is 0 Å². The Hall–Kier alpha value is -0.850. The van der Waals surface area contributed by atoms with Gasteiger partial charge in [-0.1, -0.05) is 0 Å². The number of benzene rings is 1. The van der Waals surface area contributed by atoms with Crippen LogP contribution in [0.15, 0.2) is 18.2 Å². The minimum atomic E-state index is -0.676. The molecule has 1 aliphatic rings. The lowest BCUT2D eigenvalue weighted by molar-refractivity contribution is 0.280. The summed E-state index contributed by atoms with van der Waals surface area (Å²) in [5.41, 5.74) is 0.630. The van der Waals surface area contributed by atoms with E-state index in [1.807, 2.05) is 0 Å². The van der Waals surface area contributed by atoms with Gasteiger partial charge in [0.2, 0.25) is 0 Å². The van der Waals surface area contributed by atoms with Gasteiger partial charge in [-0.3, -0.25) is 4.21 Å². The molecule has 0 spiro atoms. The van der Waals surface area contributed by atoms with E-state index in [0.29, 0.717) is 5.56 Å². The second-order valence-corrected chi connectivity index (χ2v) is 6.72. The van der Waals surface area contributed by atoms with Crippen LogP contribution < -0.4 is 5.32 Å². The van der Waals surface area contributed by atoms with E-state index < -0.39 is 22.4 Å². The second-order valence-electron chi connectivity index (χ2n) is 5.02. The molecule has 1 saturated heterocycles. The Labute approximate surface area is 120 Å². The fourth-order valence-electron chi connectivity index (χ4n) is 2.46. The first-order valence-electron chi connectivity index (χ1n) is 6.79. The van der Waals surface area contributed by atoms with Crippen molar-refractivity contribution >= 4 is 10.8 Å². The first-order valence-corrected chi connectivity index (χ1v) is 8.28. The van der Waals surface area contributed by atoms with E-state index in [1.165, 1.54) is 12.1 Å². The molecule has 1 aromatic rings. The molecule has 0 aromatic heterocycles. The number of halogens is 2. The van der Waals surface area contributed by atoms with Gasteiger partial charge in [-0.2, -0.15) is 0 Å². The zero-order chi connectivity index (χ0) is 14.5. The van der Waals surface area contributed by atoms with E-state index in [2.05, 4.69) is 10.2 Å². The Morgan fingerprint density at radius 3 is 2.40 bits per heavy atom. The minimum Gasteiger partial charge on any atom is -0.313 e. The Balaban J connectivity index is 1.93. The van der Waals surface area contributed by atoms with Crippen molar-refractivity contribution in [1.29, 1.82) is 0 Å². The van der Waals surface area contributed by atoms with Crippen LogP contribution in [0.25, 0.3) is 0 Å². The van der Waals surface area contributed by atoms with Gasteiger partial charge >= 0.3 is 0 Å². The predicted molar refractivity (Wildman–Crippen MR) is 77.1 cm³/mol. The summed E-state index contributed by atoms with van der Waals surface area (Å²) in [6, 6.07) is 3.55. The predicted octanol–water partition coefficient (Wildman–Crippen LogP) is 1.68. The van der Waals surface area contributed by atoms with Crippen LogP contribution in [-0.2, 0) is 10.8 Å². The highest BCUT2D eigenvalue weighted by molar-refractivity contribution is 7.85. The highest BCUT2D eigenvalue weighted by atomic mass is 32.2. The zero-order valence-corrected chi connectivity index (χ0v) is 12.4. The maximum atomic E-state index is 13.3. The summed E-state index contributed by atoms with van der Waals surface area (Å²) in [7, 11) is 1.11. The lowest BCUT2D eigenvalue weighted by Gasteiger charge is -2.28. The number of rotatable bonds is 5. The third-order valence-corrected chi connectivity index (χ3v) is 4.92. The maximum Gasteiger partial charge on any atom is 0.126 e. The fraction of sp³-hybridized carbons (Fsp3) is 0.571.